The number of oxime groups is 1. The van der Waals surface area contributed by atoms with Crippen LogP contribution in [0, 0.1) is 13.8 Å². The van der Waals surface area contributed by atoms with Crippen LogP contribution in [0.5, 0.6) is 0 Å². The quantitative estimate of drug-likeness (QED) is 0.515. The highest BCUT2D eigenvalue weighted by molar-refractivity contribution is 6.10. The summed E-state index contributed by atoms with van der Waals surface area (Å²) in [6, 6.07) is 8.81. The van der Waals surface area contributed by atoms with Gasteiger partial charge in [-0.1, -0.05) is 23.4 Å². The van der Waals surface area contributed by atoms with Crippen molar-refractivity contribution in [2.75, 3.05) is 5.32 Å². The first-order chi connectivity index (χ1) is 10.0. The molecule has 0 spiro atoms. The van der Waals surface area contributed by atoms with E-state index in [2.05, 4.69) is 20.7 Å². The van der Waals surface area contributed by atoms with Crippen LogP contribution < -0.4 is 5.32 Å². The number of amides is 1. The van der Waals surface area contributed by atoms with Crippen molar-refractivity contribution in [2.24, 2.45) is 5.16 Å². The van der Waals surface area contributed by atoms with Crippen molar-refractivity contribution in [3.63, 3.8) is 0 Å². The fourth-order valence-corrected chi connectivity index (χ4v) is 1.93. The fraction of sp³-hybridized carbons (Fsp3) is 0.200. The predicted molar refractivity (Wildman–Crippen MR) is 79.9 cm³/mol. The number of hydrogen-bond donors (Lipinski definition) is 2. The number of rotatable bonds is 3. The summed E-state index contributed by atoms with van der Waals surface area (Å²) in [6.07, 6.45) is 0. The third kappa shape index (κ3) is 3.22. The maximum Gasteiger partial charge on any atom is 0.257 e. The standard InChI is InChI=1S/C15H16N4O2/c1-9-8-13(10(2)18-17-9)15(20)16-14-7-5-4-6-12(14)11(3)19-21/h4-8,21H,1-3H3,(H,16,20)/b19-11-. The van der Waals surface area contributed by atoms with Crippen LogP contribution in [-0.2, 0) is 0 Å². The summed E-state index contributed by atoms with van der Waals surface area (Å²) in [5, 5.41) is 22.7. The van der Waals surface area contributed by atoms with Crippen LogP contribution in [0.25, 0.3) is 0 Å². The van der Waals surface area contributed by atoms with Gasteiger partial charge in [0.1, 0.15) is 0 Å². The van der Waals surface area contributed by atoms with Crippen LogP contribution in [0.3, 0.4) is 0 Å². The number of aromatic nitrogens is 2. The van der Waals surface area contributed by atoms with Crippen molar-refractivity contribution in [3.8, 4) is 0 Å². The van der Waals surface area contributed by atoms with Gasteiger partial charge in [-0.05, 0) is 32.9 Å². The third-order valence-corrected chi connectivity index (χ3v) is 3.06. The molecule has 2 rings (SSSR count). The molecule has 1 amide bonds. The van der Waals surface area contributed by atoms with E-state index in [0.29, 0.717) is 33.9 Å². The average Bonchev–Trinajstić information content (AvgIpc) is 2.49. The maximum absolute atomic E-state index is 12.4. The first-order valence-electron chi connectivity index (χ1n) is 6.43. The van der Waals surface area contributed by atoms with E-state index in [0.717, 1.165) is 0 Å². The Balaban J connectivity index is 2.34. The lowest BCUT2D eigenvalue weighted by molar-refractivity contribution is 0.102. The van der Waals surface area contributed by atoms with Gasteiger partial charge in [0.2, 0.25) is 0 Å². The summed E-state index contributed by atoms with van der Waals surface area (Å²) in [5.74, 6) is -0.274. The van der Waals surface area contributed by atoms with E-state index in [4.69, 9.17) is 5.21 Å². The van der Waals surface area contributed by atoms with Gasteiger partial charge in [0.25, 0.3) is 5.91 Å². The molecule has 6 nitrogen and oxygen atoms in total. The molecular formula is C15H16N4O2. The van der Waals surface area contributed by atoms with Crippen molar-refractivity contribution in [1.29, 1.82) is 0 Å². The Kier molecular flexibility index (Phi) is 4.27. The molecule has 0 atom stereocenters. The molecular weight excluding hydrogens is 268 g/mol. The molecule has 0 unspecified atom stereocenters. The number of carbonyl (C=O) groups is 1. The number of nitrogens with zero attached hydrogens (tertiary/aromatic N) is 3. The zero-order valence-electron chi connectivity index (χ0n) is 12.1. The monoisotopic (exact) mass is 284 g/mol. The zero-order valence-corrected chi connectivity index (χ0v) is 12.1. The Morgan fingerprint density at radius 2 is 1.90 bits per heavy atom. The molecule has 0 radical (unpaired) electrons. The molecule has 0 saturated carbocycles. The van der Waals surface area contributed by atoms with E-state index in [1.165, 1.54) is 0 Å². The molecule has 1 heterocycles. The zero-order chi connectivity index (χ0) is 15.4. The summed E-state index contributed by atoms with van der Waals surface area (Å²) in [6.45, 7) is 5.17. The molecule has 0 fully saturated rings. The number of nitrogens with one attached hydrogen (secondary N) is 1. The van der Waals surface area contributed by atoms with Gasteiger partial charge >= 0.3 is 0 Å². The minimum absolute atomic E-state index is 0.274. The van der Waals surface area contributed by atoms with Crippen molar-refractivity contribution in [1.82, 2.24) is 10.2 Å². The molecule has 1 aromatic heterocycles. The Labute approximate surface area is 122 Å². The second-order valence-corrected chi connectivity index (χ2v) is 4.67. The Bertz CT molecular complexity index is 711. The van der Waals surface area contributed by atoms with E-state index in [1.807, 2.05) is 6.07 Å². The Morgan fingerprint density at radius 1 is 1.19 bits per heavy atom. The van der Waals surface area contributed by atoms with Gasteiger partial charge in [-0.25, -0.2) is 0 Å². The number of aryl methyl sites for hydroxylation is 2. The fourth-order valence-electron chi connectivity index (χ4n) is 1.93. The first-order valence-corrected chi connectivity index (χ1v) is 6.43. The van der Waals surface area contributed by atoms with Crippen LogP contribution >= 0.6 is 0 Å². The van der Waals surface area contributed by atoms with Crippen molar-refractivity contribution in [3.05, 3.63) is 52.8 Å². The minimum atomic E-state index is -0.274. The molecule has 0 aliphatic heterocycles. The molecule has 2 N–H and O–H groups in total. The largest absolute Gasteiger partial charge is 0.411 e. The highest BCUT2D eigenvalue weighted by Gasteiger charge is 2.14. The molecule has 0 bridgehead atoms. The van der Waals surface area contributed by atoms with Crippen LogP contribution in [0.2, 0.25) is 0 Å². The van der Waals surface area contributed by atoms with Crippen LogP contribution in [0.4, 0.5) is 5.69 Å². The molecule has 0 saturated heterocycles. The molecule has 21 heavy (non-hydrogen) atoms. The second-order valence-electron chi connectivity index (χ2n) is 4.67. The molecule has 0 aliphatic rings. The lowest BCUT2D eigenvalue weighted by Gasteiger charge is -2.11. The highest BCUT2D eigenvalue weighted by atomic mass is 16.4. The molecule has 108 valence electrons. The number of benzene rings is 1. The lowest BCUT2D eigenvalue weighted by atomic mass is 10.1. The summed E-state index contributed by atoms with van der Waals surface area (Å²) < 4.78 is 0. The van der Waals surface area contributed by atoms with Gasteiger partial charge in [0.15, 0.2) is 0 Å². The maximum atomic E-state index is 12.4. The number of para-hydroxylation sites is 1. The van der Waals surface area contributed by atoms with E-state index in [-0.39, 0.29) is 5.91 Å². The molecule has 2 aromatic rings. The van der Waals surface area contributed by atoms with Gasteiger partial charge in [-0.15, -0.1) is 0 Å². The van der Waals surface area contributed by atoms with Gasteiger partial charge < -0.3 is 10.5 Å². The van der Waals surface area contributed by atoms with Gasteiger partial charge in [0, 0.05) is 5.56 Å². The van der Waals surface area contributed by atoms with E-state index < -0.39 is 0 Å². The van der Waals surface area contributed by atoms with Crippen LogP contribution in [0.15, 0.2) is 35.5 Å². The summed E-state index contributed by atoms with van der Waals surface area (Å²) in [7, 11) is 0. The van der Waals surface area contributed by atoms with Crippen LogP contribution in [-0.4, -0.2) is 27.0 Å². The Morgan fingerprint density at radius 3 is 2.62 bits per heavy atom. The number of hydrogen-bond acceptors (Lipinski definition) is 5. The summed E-state index contributed by atoms with van der Waals surface area (Å²) in [4.78, 5) is 12.4. The average molecular weight is 284 g/mol. The Hall–Kier alpha value is -2.76. The highest BCUT2D eigenvalue weighted by Crippen LogP contribution is 2.18. The summed E-state index contributed by atoms with van der Waals surface area (Å²) >= 11 is 0. The number of anilines is 1. The molecule has 6 heteroatoms. The van der Waals surface area contributed by atoms with E-state index in [1.54, 1.807) is 45.0 Å². The first kappa shape index (κ1) is 14.6. The second kappa shape index (κ2) is 6.13. The van der Waals surface area contributed by atoms with E-state index >= 15 is 0 Å². The topological polar surface area (TPSA) is 87.5 Å². The normalized spacial score (nSPS) is 11.3. The lowest BCUT2D eigenvalue weighted by Crippen LogP contribution is -2.17. The predicted octanol–water partition coefficient (Wildman–Crippen LogP) is 2.54. The van der Waals surface area contributed by atoms with Crippen molar-refractivity contribution < 1.29 is 10.0 Å². The summed E-state index contributed by atoms with van der Waals surface area (Å²) in [5.41, 5.74) is 3.36. The van der Waals surface area contributed by atoms with Gasteiger partial charge in [-0.2, -0.15) is 10.2 Å². The van der Waals surface area contributed by atoms with Crippen molar-refractivity contribution in [2.45, 2.75) is 20.8 Å². The smallest absolute Gasteiger partial charge is 0.257 e. The molecule has 1 aromatic carbocycles. The number of carbonyl (C=O) groups excluding carboxylic acids is 1. The van der Waals surface area contributed by atoms with Crippen LogP contribution in [0.1, 0.15) is 34.2 Å². The van der Waals surface area contributed by atoms with Gasteiger partial charge in [-0.3, -0.25) is 4.79 Å². The van der Waals surface area contributed by atoms with Crippen molar-refractivity contribution >= 4 is 17.3 Å². The minimum Gasteiger partial charge on any atom is -0.411 e. The third-order valence-electron chi connectivity index (χ3n) is 3.06. The SMILES string of the molecule is C/C(=N/O)c1ccccc1NC(=O)c1cc(C)nnc1C. The molecule has 0 aliphatic carbocycles. The van der Waals surface area contributed by atoms with E-state index in [9.17, 15) is 4.79 Å². The van der Waals surface area contributed by atoms with Gasteiger partial charge in [0.05, 0.1) is 28.4 Å².